The lowest BCUT2D eigenvalue weighted by atomic mass is 10.1. The Balaban J connectivity index is 1.25. The lowest BCUT2D eigenvalue weighted by molar-refractivity contribution is -0.0397. The maximum absolute atomic E-state index is 15.7. The lowest BCUT2D eigenvalue weighted by Gasteiger charge is -2.30. The number of H-pyrrole nitrogens is 1. The summed E-state index contributed by atoms with van der Waals surface area (Å²) in [5.41, 5.74) is 6.95. The first-order valence-electron chi connectivity index (χ1n) is 12.0. The van der Waals surface area contributed by atoms with E-state index < -0.39 is 71.3 Å². The number of hydrogen-bond donors (Lipinski definition) is 6. The summed E-state index contributed by atoms with van der Waals surface area (Å²) in [4.78, 5) is 34.9. The zero-order valence-electron chi connectivity index (χ0n) is 20.6. The summed E-state index contributed by atoms with van der Waals surface area (Å²) in [7, 11) is 0. The third-order valence-corrected chi connectivity index (χ3v) is 12.7. The predicted molar refractivity (Wildman–Crippen MR) is 153 cm³/mol. The molecular weight excluding hydrogens is 625 g/mol. The highest BCUT2D eigenvalue weighted by atomic mass is 32.9. The van der Waals surface area contributed by atoms with Crippen molar-refractivity contribution < 1.29 is 28.3 Å². The Hall–Kier alpha value is -2.45. The highest BCUT2D eigenvalue weighted by Crippen LogP contribution is 2.67. The van der Waals surface area contributed by atoms with Crippen molar-refractivity contribution in [3.8, 4) is 0 Å². The number of hydrogen-bond acceptors (Lipinski definition) is 14. The van der Waals surface area contributed by atoms with E-state index in [1.54, 1.807) is 0 Å². The van der Waals surface area contributed by atoms with Crippen LogP contribution in [0.3, 0.4) is 0 Å². The van der Waals surface area contributed by atoms with E-state index in [4.69, 9.17) is 32.5 Å². The van der Waals surface area contributed by atoms with Gasteiger partial charge in [0.05, 0.1) is 42.2 Å². The lowest BCUT2D eigenvalue weighted by Crippen LogP contribution is -2.33. The normalized spacial score (nSPS) is 31.7. The summed E-state index contributed by atoms with van der Waals surface area (Å²) in [6, 6.07) is 0. The van der Waals surface area contributed by atoms with Crippen LogP contribution in [0.15, 0.2) is 23.8 Å². The molecule has 0 amide bonds. The molecule has 4 aromatic rings. The summed E-state index contributed by atoms with van der Waals surface area (Å²) in [5, 5.41) is 18.7. The number of nitrogens with one attached hydrogen (secondary N) is 1. The number of alkyl halides is 2. The Labute approximate surface area is 243 Å². The van der Waals surface area contributed by atoms with E-state index in [0.717, 1.165) is 11.8 Å². The fraction of sp³-hybridized carbons (Fsp3) is 0.500. The fourth-order valence-corrected chi connectivity index (χ4v) is 11.1. The van der Waals surface area contributed by atoms with Gasteiger partial charge in [0.15, 0.2) is 35.0 Å². The molecule has 1 unspecified atom stereocenters. The van der Waals surface area contributed by atoms with Gasteiger partial charge in [0.25, 0.3) is 5.56 Å². The number of aromatic nitrogens is 8. The third kappa shape index (κ3) is 4.79. The monoisotopic (exact) mass is 648 g/mol. The van der Waals surface area contributed by atoms with E-state index in [-0.39, 0.29) is 34.1 Å². The minimum absolute atomic E-state index is 0.0173. The van der Waals surface area contributed by atoms with Gasteiger partial charge in [0.1, 0.15) is 35.7 Å². The Morgan fingerprint density at radius 1 is 1.17 bits per heavy atom. The van der Waals surface area contributed by atoms with Crippen LogP contribution in [0.2, 0.25) is 0 Å². The Morgan fingerprint density at radius 3 is 2.66 bits per heavy atom. The molecule has 2 aliphatic heterocycles. The summed E-state index contributed by atoms with van der Waals surface area (Å²) in [6.07, 6.45) is -3.94. The number of aliphatic hydroxyl groups excluding tert-OH is 2. The number of rotatable bonds is 7. The number of nitrogen functional groups attached to an aromatic ring is 2. The highest BCUT2D eigenvalue weighted by Gasteiger charge is 2.53. The molecule has 2 aliphatic rings. The molecule has 4 aromatic heterocycles. The molecule has 2 fully saturated rings. The molecular formula is C20H23F2N10O5PS3. The van der Waals surface area contributed by atoms with Crippen LogP contribution in [0.4, 0.5) is 20.5 Å². The summed E-state index contributed by atoms with van der Waals surface area (Å²) in [5.74, 6) is -0.0687. The SMILES string of the molecule is Nc1nc2c(ncn2[C@@H]2S[C@H](CO)[C@H](F)[C@H]2P(=S)(S)OC[C@H]2O[C@@H](n3cnc4c(N)ncnc43)[C@@H](F)[C@@H]2O)c(=O)[nH]1. The van der Waals surface area contributed by atoms with E-state index in [2.05, 4.69) is 42.2 Å². The third-order valence-electron chi connectivity index (χ3n) is 6.95. The zero-order chi connectivity index (χ0) is 29.2. The van der Waals surface area contributed by atoms with Gasteiger partial charge in [0.2, 0.25) is 5.95 Å². The van der Waals surface area contributed by atoms with Crippen LogP contribution in [0.5, 0.6) is 0 Å². The van der Waals surface area contributed by atoms with Gasteiger partial charge in [-0.25, -0.2) is 28.7 Å². The van der Waals surface area contributed by atoms with Crippen LogP contribution < -0.4 is 17.0 Å². The molecule has 2 saturated heterocycles. The number of imidazole rings is 2. The van der Waals surface area contributed by atoms with Crippen molar-refractivity contribution in [2.45, 2.75) is 47.1 Å². The average Bonchev–Trinajstić information content (AvgIpc) is 3.68. The van der Waals surface area contributed by atoms with Gasteiger partial charge in [-0.1, -0.05) is 11.8 Å². The highest BCUT2D eigenvalue weighted by molar-refractivity contribution is 8.62. The first kappa shape index (κ1) is 28.7. The van der Waals surface area contributed by atoms with Crippen molar-refractivity contribution in [2.75, 3.05) is 24.7 Å². The Bertz CT molecular complexity index is 1730. The molecule has 0 spiro atoms. The van der Waals surface area contributed by atoms with Gasteiger partial charge in [-0.2, -0.15) is 4.98 Å². The Morgan fingerprint density at radius 2 is 1.90 bits per heavy atom. The molecule has 15 nitrogen and oxygen atoms in total. The van der Waals surface area contributed by atoms with Crippen molar-refractivity contribution in [1.29, 1.82) is 0 Å². The number of ether oxygens (including phenoxy) is 1. The average molecular weight is 649 g/mol. The molecule has 6 heterocycles. The Kier molecular flexibility index (Phi) is 7.46. The van der Waals surface area contributed by atoms with Crippen LogP contribution in [0.1, 0.15) is 11.6 Å². The number of thioether (sulfide) groups is 1. The van der Waals surface area contributed by atoms with Gasteiger partial charge in [-0.3, -0.25) is 14.3 Å². The maximum atomic E-state index is 15.7. The van der Waals surface area contributed by atoms with E-state index in [1.165, 1.54) is 28.1 Å². The van der Waals surface area contributed by atoms with Crippen molar-refractivity contribution in [1.82, 2.24) is 39.0 Å². The van der Waals surface area contributed by atoms with Crippen molar-refractivity contribution >= 4 is 75.4 Å². The van der Waals surface area contributed by atoms with Gasteiger partial charge in [-0.15, -0.1) is 24.0 Å². The van der Waals surface area contributed by atoms with E-state index in [9.17, 15) is 15.0 Å². The second kappa shape index (κ2) is 10.7. The number of nitrogens with zero attached hydrogens (tertiary/aromatic N) is 7. The quantitative estimate of drug-likeness (QED) is 0.117. The minimum Gasteiger partial charge on any atom is -0.395 e. The molecule has 7 N–H and O–H groups in total. The van der Waals surface area contributed by atoms with Crippen molar-refractivity contribution in [3.05, 3.63) is 29.3 Å². The summed E-state index contributed by atoms with van der Waals surface area (Å²) >= 11 is 11.3. The van der Waals surface area contributed by atoms with Gasteiger partial charge in [0, 0.05) is 0 Å². The second-order valence-corrected chi connectivity index (χ2v) is 17.0. The van der Waals surface area contributed by atoms with E-state index in [0.29, 0.717) is 0 Å². The molecule has 0 bridgehead atoms. The first-order valence-corrected chi connectivity index (χ1v) is 16.9. The van der Waals surface area contributed by atoms with Crippen LogP contribution in [0.25, 0.3) is 22.3 Å². The van der Waals surface area contributed by atoms with Crippen LogP contribution in [0, 0.1) is 0 Å². The van der Waals surface area contributed by atoms with E-state index in [1.807, 2.05) is 0 Å². The number of aromatic amines is 1. The molecule has 6 rings (SSSR count). The first-order chi connectivity index (χ1) is 19.5. The van der Waals surface area contributed by atoms with Crippen molar-refractivity contribution in [2.24, 2.45) is 0 Å². The molecule has 21 heteroatoms. The van der Waals surface area contributed by atoms with Crippen LogP contribution in [-0.4, -0.2) is 97.9 Å². The molecule has 0 aromatic carbocycles. The van der Waals surface area contributed by atoms with Crippen LogP contribution in [-0.2, 0) is 21.1 Å². The largest absolute Gasteiger partial charge is 0.395 e. The fourth-order valence-electron chi connectivity index (χ4n) is 4.94. The van der Waals surface area contributed by atoms with Gasteiger partial charge < -0.3 is 35.5 Å². The zero-order valence-corrected chi connectivity index (χ0v) is 24.1. The smallest absolute Gasteiger partial charge is 0.280 e. The minimum atomic E-state index is -3.41. The number of thiol groups is 1. The number of fused-ring (bicyclic) bond motifs is 2. The number of halogens is 2. The number of nitrogens with two attached hydrogens (primary N) is 2. The predicted octanol–water partition coefficient (Wildman–Crippen LogP) is 0.289. The second-order valence-electron chi connectivity index (χ2n) is 9.40. The number of aliphatic hydroxyl groups is 2. The molecule has 9 atom stereocenters. The standard InChI is InChI=1S/C20H23F2N10O5PS3/c21-8-7(1-33)41-19(32-5-28-11-16(32)29-20(24)30-17(11)35)13(8)38(39,40)36-2-6-12(34)9(22)18(37-6)31-4-27-10-14(23)25-3-26-15(10)31/h3-9,12-13,18-19,33-34H,1-2H2,(H,39,40)(H2,23,25,26)(H3,24,29,30,35)/t6-,7-,8+,9+,12-,13-,18-,19-/m1/s1. The summed E-state index contributed by atoms with van der Waals surface area (Å²) in [6.45, 7) is -0.921. The summed E-state index contributed by atoms with van der Waals surface area (Å²) < 4.78 is 45.4. The maximum Gasteiger partial charge on any atom is 0.280 e. The molecule has 220 valence electrons. The molecule has 0 saturated carbocycles. The van der Waals surface area contributed by atoms with Crippen LogP contribution >= 0.6 is 29.5 Å². The molecule has 41 heavy (non-hydrogen) atoms. The van der Waals surface area contributed by atoms with E-state index >= 15 is 8.78 Å². The topological polar surface area (TPSA) is 218 Å². The molecule has 0 radical (unpaired) electrons. The van der Waals surface area contributed by atoms with Gasteiger partial charge in [-0.05, 0) is 0 Å². The number of anilines is 2. The molecule has 0 aliphatic carbocycles. The van der Waals surface area contributed by atoms with Gasteiger partial charge >= 0.3 is 0 Å². The van der Waals surface area contributed by atoms with Crippen molar-refractivity contribution in [3.63, 3.8) is 0 Å².